The highest BCUT2D eigenvalue weighted by Gasteiger charge is 2.42. The lowest BCUT2D eigenvalue weighted by atomic mass is 9.97. The monoisotopic (exact) mass is 259 g/mol. The van der Waals surface area contributed by atoms with Gasteiger partial charge in [0.2, 0.25) is 0 Å². The summed E-state index contributed by atoms with van der Waals surface area (Å²) in [5, 5.41) is 27.8. The van der Waals surface area contributed by atoms with Gasteiger partial charge in [-0.05, 0) is 0 Å². The van der Waals surface area contributed by atoms with Crippen LogP contribution in [0.15, 0.2) is 0 Å². The molecule has 0 bridgehead atoms. The fraction of sp³-hybridized carbons (Fsp3) is 1.00. The summed E-state index contributed by atoms with van der Waals surface area (Å²) in [6, 6.07) is -1.19. The lowest BCUT2D eigenvalue weighted by molar-refractivity contribution is -0.257. The van der Waals surface area contributed by atoms with Crippen molar-refractivity contribution in [2.45, 2.75) is 30.6 Å². The summed E-state index contributed by atoms with van der Waals surface area (Å²) < 4.78 is 19.2. The molecule has 16 heavy (non-hydrogen) atoms. The van der Waals surface area contributed by atoms with Gasteiger partial charge in [0.05, 0.1) is 12.6 Å². The molecule has 0 amide bonds. The number of phosphoric acid groups is 1. The van der Waals surface area contributed by atoms with E-state index < -0.39 is 45.1 Å². The molecule has 0 unspecified atom stereocenters. The Labute approximate surface area is 90.6 Å². The molecule has 1 saturated heterocycles. The Morgan fingerprint density at radius 2 is 1.81 bits per heavy atom. The average molecular weight is 259 g/mol. The molecule has 0 aromatic heterocycles. The summed E-state index contributed by atoms with van der Waals surface area (Å²) in [5.41, 5.74) is 5.35. The van der Waals surface area contributed by atoms with Crippen molar-refractivity contribution in [1.29, 1.82) is 0 Å². The predicted octanol–water partition coefficient (Wildman–Crippen LogP) is -3.14. The van der Waals surface area contributed by atoms with Crippen LogP contribution in [0, 0.1) is 0 Å². The summed E-state index contributed by atoms with van der Waals surface area (Å²) in [4.78, 5) is 16.9. The zero-order valence-electron chi connectivity index (χ0n) is 8.08. The number of aliphatic hydroxyl groups excluding tert-OH is 3. The standard InChI is InChI=1S/C6H14NO8P/c7-3-4(8)2(1-14-16(11,12)13)15-6(10)5(3)9/h2-6,8-10H,1,7H2,(H2,11,12,13)/t2-,3+,4-,5-,6-/m1/s1. The van der Waals surface area contributed by atoms with Crippen LogP contribution < -0.4 is 5.73 Å². The van der Waals surface area contributed by atoms with Crippen molar-refractivity contribution in [3.8, 4) is 0 Å². The molecule has 1 aliphatic heterocycles. The minimum Gasteiger partial charge on any atom is -0.389 e. The van der Waals surface area contributed by atoms with Crippen LogP contribution in [0.2, 0.25) is 0 Å². The van der Waals surface area contributed by atoms with Gasteiger partial charge in [-0.1, -0.05) is 0 Å². The molecule has 10 heteroatoms. The molecule has 0 aromatic carbocycles. The van der Waals surface area contributed by atoms with E-state index in [4.69, 9.17) is 20.6 Å². The molecule has 7 N–H and O–H groups in total. The maximum atomic E-state index is 10.4. The molecule has 0 aromatic rings. The molecule has 1 fully saturated rings. The normalized spacial score (nSPS) is 41.0. The van der Waals surface area contributed by atoms with Crippen molar-refractivity contribution in [3.63, 3.8) is 0 Å². The largest absolute Gasteiger partial charge is 0.469 e. The topological polar surface area (TPSA) is 163 Å². The van der Waals surface area contributed by atoms with E-state index in [0.717, 1.165) is 0 Å². The number of hydrogen-bond acceptors (Lipinski definition) is 7. The summed E-state index contributed by atoms with van der Waals surface area (Å²) in [6.07, 6.45) is -5.73. The second-order valence-electron chi connectivity index (χ2n) is 3.41. The van der Waals surface area contributed by atoms with E-state index in [1.807, 2.05) is 0 Å². The molecular formula is C6H14NO8P. The number of rotatable bonds is 3. The first-order valence-corrected chi connectivity index (χ1v) is 5.91. The molecule has 0 aliphatic carbocycles. The maximum Gasteiger partial charge on any atom is 0.469 e. The lowest BCUT2D eigenvalue weighted by Gasteiger charge is -2.38. The highest BCUT2D eigenvalue weighted by atomic mass is 31.2. The Morgan fingerprint density at radius 1 is 1.25 bits per heavy atom. The first-order valence-electron chi connectivity index (χ1n) is 4.37. The van der Waals surface area contributed by atoms with Crippen molar-refractivity contribution < 1.29 is 38.9 Å². The average Bonchev–Trinajstić information content (AvgIpc) is 2.17. The van der Waals surface area contributed by atoms with Gasteiger partial charge in [0.15, 0.2) is 6.29 Å². The third kappa shape index (κ3) is 3.45. The second kappa shape index (κ2) is 5.05. The van der Waals surface area contributed by atoms with Crippen LogP contribution in [0.5, 0.6) is 0 Å². The van der Waals surface area contributed by atoms with Gasteiger partial charge in [0.1, 0.15) is 18.3 Å². The van der Waals surface area contributed by atoms with Crippen molar-refractivity contribution in [3.05, 3.63) is 0 Å². The third-order valence-corrected chi connectivity index (χ3v) is 2.67. The Morgan fingerprint density at radius 3 is 2.31 bits per heavy atom. The molecule has 0 spiro atoms. The Kier molecular flexibility index (Phi) is 4.41. The SMILES string of the molecule is N[C@@H]1[C@@H](O)[C@H](O)O[C@H](COP(=O)(O)O)[C@H]1O. The second-order valence-corrected chi connectivity index (χ2v) is 4.65. The smallest absolute Gasteiger partial charge is 0.389 e. The molecule has 0 radical (unpaired) electrons. The van der Waals surface area contributed by atoms with Crippen LogP contribution in [0.1, 0.15) is 0 Å². The fourth-order valence-corrected chi connectivity index (χ4v) is 1.63. The van der Waals surface area contributed by atoms with Crippen molar-refractivity contribution in [2.75, 3.05) is 6.61 Å². The van der Waals surface area contributed by atoms with Crippen molar-refractivity contribution >= 4 is 7.82 Å². The van der Waals surface area contributed by atoms with E-state index in [1.54, 1.807) is 0 Å². The minimum absolute atomic E-state index is 0.650. The maximum absolute atomic E-state index is 10.4. The lowest BCUT2D eigenvalue weighted by Crippen LogP contribution is -2.62. The summed E-state index contributed by atoms with van der Waals surface area (Å²) in [6.45, 7) is -0.650. The highest BCUT2D eigenvalue weighted by molar-refractivity contribution is 7.46. The van der Waals surface area contributed by atoms with Gasteiger partial charge in [0.25, 0.3) is 0 Å². The first kappa shape index (κ1) is 14.0. The van der Waals surface area contributed by atoms with Gasteiger partial charge >= 0.3 is 7.82 Å². The van der Waals surface area contributed by atoms with Gasteiger partial charge in [0, 0.05) is 0 Å². The summed E-state index contributed by atoms with van der Waals surface area (Å²) in [7, 11) is -4.69. The Bertz CT molecular complexity index is 282. The zero-order chi connectivity index (χ0) is 12.5. The molecule has 5 atom stereocenters. The molecule has 96 valence electrons. The molecular weight excluding hydrogens is 245 g/mol. The molecule has 1 aliphatic rings. The Balaban J connectivity index is 2.57. The van der Waals surface area contributed by atoms with E-state index in [1.165, 1.54) is 0 Å². The van der Waals surface area contributed by atoms with Gasteiger partial charge in [-0.2, -0.15) is 0 Å². The fourth-order valence-electron chi connectivity index (χ4n) is 1.29. The van der Waals surface area contributed by atoms with Crippen LogP contribution in [-0.4, -0.2) is 62.4 Å². The van der Waals surface area contributed by atoms with Gasteiger partial charge in [-0.25, -0.2) is 4.57 Å². The zero-order valence-corrected chi connectivity index (χ0v) is 8.97. The molecule has 0 saturated carbocycles. The van der Waals surface area contributed by atoms with Gasteiger partial charge < -0.3 is 35.6 Å². The first-order chi connectivity index (χ1) is 7.22. The number of ether oxygens (including phenoxy) is 1. The number of phosphoric ester groups is 1. The van der Waals surface area contributed by atoms with Crippen LogP contribution in [0.3, 0.4) is 0 Å². The van der Waals surface area contributed by atoms with Crippen LogP contribution in [-0.2, 0) is 13.8 Å². The van der Waals surface area contributed by atoms with E-state index in [-0.39, 0.29) is 0 Å². The number of aliphatic hydroxyl groups is 3. The van der Waals surface area contributed by atoms with E-state index in [9.17, 15) is 14.8 Å². The molecule has 1 heterocycles. The molecule has 9 nitrogen and oxygen atoms in total. The van der Waals surface area contributed by atoms with Crippen molar-refractivity contribution in [1.82, 2.24) is 0 Å². The highest BCUT2D eigenvalue weighted by Crippen LogP contribution is 2.36. The summed E-state index contributed by atoms with van der Waals surface area (Å²) in [5.74, 6) is 0. The van der Waals surface area contributed by atoms with Gasteiger partial charge in [-0.15, -0.1) is 0 Å². The van der Waals surface area contributed by atoms with E-state index in [0.29, 0.717) is 0 Å². The summed E-state index contributed by atoms with van der Waals surface area (Å²) >= 11 is 0. The van der Waals surface area contributed by atoms with Gasteiger partial charge in [-0.3, -0.25) is 4.52 Å². The predicted molar refractivity (Wildman–Crippen MR) is 48.9 cm³/mol. The van der Waals surface area contributed by atoms with Crippen LogP contribution >= 0.6 is 7.82 Å². The number of hydrogen-bond donors (Lipinski definition) is 6. The van der Waals surface area contributed by atoms with Crippen LogP contribution in [0.25, 0.3) is 0 Å². The van der Waals surface area contributed by atoms with E-state index >= 15 is 0 Å². The molecule has 1 rings (SSSR count). The van der Waals surface area contributed by atoms with Crippen LogP contribution in [0.4, 0.5) is 0 Å². The number of nitrogens with two attached hydrogens (primary N) is 1. The Hall–Kier alpha value is -0.0900. The quantitative estimate of drug-likeness (QED) is 0.287. The van der Waals surface area contributed by atoms with Crippen molar-refractivity contribution in [2.24, 2.45) is 5.73 Å². The van der Waals surface area contributed by atoms with E-state index in [2.05, 4.69) is 9.26 Å². The third-order valence-electron chi connectivity index (χ3n) is 2.18. The minimum atomic E-state index is -4.69.